The number of amides is 1. The fourth-order valence-electron chi connectivity index (χ4n) is 2.22. The highest BCUT2D eigenvalue weighted by atomic mass is 32.1. The van der Waals surface area contributed by atoms with Gasteiger partial charge in [-0.15, -0.1) is 11.3 Å². The summed E-state index contributed by atoms with van der Waals surface area (Å²) in [6, 6.07) is 4.12. The molecule has 0 N–H and O–H groups in total. The SMILES string of the molecule is CC(C)C(=O)N(Cc1cccs1)CC1CCCO1. The number of hydrogen-bond acceptors (Lipinski definition) is 3. The van der Waals surface area contributed by atoms with Gasteiger partial charge in [0.25, 0.3) is 0 Å². The van der Waals surface area contributed by atoms with E-state index in [0.717, 1.165) is 26.0 Å². The molecule has 100 valence electrons. The van der Waals surface area contributed by atoms with Gasteiger partial charge in [0.2, 0.25) is 5.91 Å². The highest BCUT2D eigenvalue weighted by Crippen LogP contribution is 2.18. The Balaban J connectivity index is 1.99. The van der Waals surface area contributed by atoms with Gasteiger partial charge in [0.1, 0.15) is 0 Å². The van der Waals surface area contributed by atoms with Crippen LogP contribution in [0, 0.1) is 5.92 Å². The van der Waals surface area contributed by atoms with Crippen molar-refractivity contribution < 1.29 is 9.53 Å². The van der Waals surface area contributed by atoms with Crippen LogP contribution in [0.5, 0.6) is 0 Å². The third kappa shape index (κ3) is 3.56. The average Bonchev–Trinajstić information content (AvgIpc) is 2.99. The molecular weight excluding hydrogens is 246 g/mol. The minimum Gasteiger partial charge on any atom is -0.376 e. The number of thiophene rings is 1. The normalized spacial score (nSPS) is 19.4. The molecule has 0 radical (unpaired) electrons. The Hall–Kier alpha value is -0.870. The van der Waals surface area contributed by atoms with E-state index in [1.807, 2.05) is 24.8 Å². The van der Waals surface area contributed by atoms with Crippen molar-refractivity contribution >= 4 is 17.2 Å². The van der Waals surface area contributed by atoms with Crippen LogP contribution in [0.4, 0.5) is 0 Å². The average molecular weight is 267 g/mol. The molecule has 1 aliphatic rings. The second-order valence-electron chi connectivity index (χ2n) is 5.09. The van der Waals surface area contributed by atoms with Gasteiger partial charge in [0.15, 0.2) is 0 Å². The van der Waals surface area contributed by atoms with Crippen molar-refractivity contribution in [1.29, 1.82) is 0 Å². The summed E-state index contributed by atoms with van der Waals surface area (Å²) < 4.78 is 5.64. The predicted octanol–water partition coefficient (Wildman–Crippen LogP) is 2.91. The van der Waals surface area contributed by atoms with E-state index in [1.165, 1.54) is 4.88 Å². The maximum absolute atomic E-state index is 12.2. The van der Waals surface area contributed by atoms with E-state index in [0.29, 0.717) is 6.54 Å². The van der Waals surface area contributed by atoms with Crippen molar-refractivity contribution in [2.24, 2.45) is 5.92 Å². The van der Waals surface area contributed by atoms with Gasteiger partial charge in [0.05, 0.1) is 12.6 Å². The van der Waals surface area contributed by atoms with E-state index < -0.39 is 0 Å². The first kappa shape index (κ1) is 13.6. The zero-order chi connectivity index (χ0) is 13.0. The highest BCUT2D eigenvalue weighted by molar-refractivity contribution is 7.09. The van der Waals surface area contributed by atoms with Gasteiger partial charge in [-0.05, 0) is 24.3 Å². The third-order valence-corrected chi connectivity index (χ3v) is 4.04. The molecule has 1 unspecified atom stereocenters. The molecule has 1 atom stereocenters. The van der Waals surface area contributed by atoms with E-state index in [1.54, 1.807) is 11.3 Å². The Kier molecular flexibility index (Phi) is 4.78. The van der Waals surface area contributed by atoms with Gasteiger partial charge in [-0.2, -0.15) is 0 Å². The molecule has 1 saturated heterocycles. The Labute approximate surface area is 113 Å². The number of carbonyl (C=O) groups is 1. The summed E-state index contributed by atoms with van der Waals surface area (Å²) in [6.45, 7) is 6.20. The standard InChI is InChI=1S/C14H21NO2S/c1-11(2)14(16)15(9-12-5-3-7-17-12)10-13-6-4-8-18-13/h4,6,8,11-12H,3,5,7,9-10H2,1-2H3. The molecule has 1 fully saturated rings. The van der Waals surface area contributed by atoms with Crippen molar-refractivity contribution in [2.75, 3.05) is 13.2 Å². The molecule has 0 saturated carbocycles. The van der Waals surface area contributed by atoms with Gasteiger partial charge >= 0.3 is 0 Å². The molecule has 1 aliphatic heterocycles. The molecule has 3 nitrogen and oxygen atoms in total. The summed E-state index contributed by atoms with van der Waals surface area (Å²) in [6.07, 6.45) is 2.42. The fraction of sp³-hybridized carbons (Fsp3) is 0.643. The second kappa shape index (κ2) is 6.34. The van der Waals surface area contributed by atoms with E-state index in [4.69, 9.17) is 4.74 Å². The number of ether oxygens (including phenoxy) is 1. The van der Waals surface area contributed by atoms with Crippen LogP contribution in [0.25, 0.3) is 0 Å². The van der Waals surface area contributed by atoms with E-state index in [-0.39, 0.29) is 17.9 Å². The zero-order valence-corrected chi connectivity index (χ0v) is 11.9. The first-order valence-electron chi connectivity index (χ1n) is 6.59. The Morgan fingerprint density at radius 3 is 3.00 bits per heavy atom. The monoisotopic (exact) mass is 267 g/mol. The maximum Gasteiger partial charge on any atom is 0.225 e. The summed E-state index contributed by atoms with van der Waals surface area (Å²) in [7, 11) is 0. The molecule has 4 heteroatoms. The number of hydrogen-bond donors (Lipinski definition) is 0. The molecule has 2 rings (SSSR count). The molecule has 0 spiro atoms. The zero-order valence-electron chi connectivity index (χ0n) is 11.1. The Morgan fingerprint density at radius 2 is 2.44 bits per heavy atom. The lowest BCUT2D eigenvalue weighted by Gasteiger charge is -2.26. The number of rotatable bonds is 5. The summed E-state index contributed by atoms with van der Waals surface area (Å²) in [5.41, 5.74) is 0. The van der Waals surface area contributed by atoms with Crippen molar-refractivity contribution in [3.05, 3.63) is 22.4 Å². The summed E-state index contributed by atoms with van der Waals surface area (Å²) in [4.78, 5) is 15.4. The number of nitrogens with zero attached hydrogens (tertiary/aromatic N) is 1. The molecule has 0 bridgehead atoms. The van der Waals surface area contributed by atoms with Gasteiger partial charge in [0, 0.05) is 23.9 Å². The molecule has 0 aromatic carbocycles. The molecule has 0 aliphatic carbocycles. The van der Waals surface area contributed by atoms with Crippen molar-refractivity contribution in [2.45, 2.75) is 39.3 Å². The lowest BCUT2D eigenvalue weighted by atomic mass is 10.1. The van der Waals surface area contributed by atoms with E-state index in [2.05, 4.69) is 11.4 Å². The topological polar surface area (TPSA) is 29.5 Å². The summed E-state index contributed by atoms with van der Waals surface area (Å²) >= 11 is 1.70. The molecule has 1 aromatic rings. The van der Waals surface area contributed by atoms with Crippen LogP contribution in [0.1, 0.15) is 31.6 Å². The van der Waals surface area contributed by atoms with Crippen molar-refractivity contribution in [3.63, 3.8) is 0 Å². The second-order valence-corrected chi connectivity index (χ2v) is 6.12. The number of carbonyl (C=O) groups excluding carboxylic acids is 1. The lowest BCUT2D eigenvalue weighted by Crippen LogP contribution is -2.39. The Bertz CT molecular complexity index is 369. The van der Waals surface area contributed by atoms with E-state index >= 15 is 0 Å². The van der Waals surface area contributed by atoms with Crippen molar-refractivity contribution in [3.8, 4) is 0 Å². The highest BCUT2D eigenvalue weighted by Gasteiger charge is 2.24. The fourth-order valence-corrected chi connectivity index (χ4v) is 2.94. The van der Waals surface area contributed by atoms with Gasteiger partial charge < -0.3 is 9.64 Å². The third-order valence-electron chi connectivity index (χ3n) is 3.18. The van der Waals surface area contributed by atoms with Crippen LogP contribution in [0.15, 0.2) is 17.5 Å². The van der Waals surface area contributed by atoms with Crippen LogP contribution >= 0.6 is 11.3 Å². The minimum atomic E-state index is 0.0476. The van der Waals surface area contributed by atoms with Crippen molar-refractivity contribution in [1.82, 2.24) is 4.90 Å². The first-order chi connectivity index (χ1) is 8.66. The lowest BCUT2D eigenvalue weighted by molar-refractivity contribution is -0.136. The minimum absolute atomic E-state index is 0.0476. The largest absolute Gasteiger partial charge is 0.376 e. The predicted molar refractivity (Wildman–Crippen MR) is 73.5 cm³/mol. The van der Waals surface area contributed by atoms with Crippen LogP contribution in [-0.2, 0) is 16.1 Å². The smallest absolute Gasteiger partial charge is 0.225 e. The van der Waals surface area contributed by atoms with E-state index in [9.17, 15) is 4.79 Å². The van der Waals surface area contributed by atoms with Crippen LogP contribution < -0.4 is 0 Å². The molecule has 18 heavy (non-hydrogen) atoms. The van der Waals surface area contributed by atoms with Crippen LogP contribution in [0.2, 0.25) is 0 Å². The van der Waals surface area contributed by atoms with Crippen LogP contribution in [0.3, 0.4) is 0 Å². The summed E-state index contributed by atoms with van der Waals surface area (Å²) in [5, 5.41) is 2.05. The maximum atomic E-state index is 12.2. The van der Waals surface area contributed by atoms with Gasteiger partial charge in [-0.1, -0.05) is 19.9 Å². The molecular formula is C14H21NO2S. The Morgan fingerprint density at radius 1 is 1.61 bits per heavy atom. The summed E-state index contributed by atoms with van der Waals surface area (Å²) in [5.74, 6) is 0.269. The first-order valence-corrected chi connectivity index (χ1v) is 7.47. The van der Waals surface area contributed by atoms with Gasteiger partial charge in [-0.3, -0.25) is 4.79 Å². The van der Waals surface area contributed by atoms with Crippen LogP contribution in [-0.4, -0.2) is 30.1 Å². The molecule has 2 heterocycles. The molecule has 1 amide bonds. The van der Waals surface area contributed by atoms with Gasteiger partial charge in [-0.25, -0.2) is 0 Å². The molecule has 1 aromatic heterocycles. The quantitative estimate of drug-likeness (QED) is 0.821.